The van der Waals surface area contributed by atoms with E-state index in [4.69, 9.17) is 56.8 Å². The van der Waals surface area contributed by atoms with Gasteiger partial charge in [0.1, 0.15) is 30.5 Å². The highest BCUT2D eigenvalue weighted by Crippen LogP contribution is 2.45. The molecule has 0 spiro atoms. The van der Waals surface area contributed by atoms with Crippen molar-refractivity contribution in [2.75, 3.05) is 85.3 Å². The smallest absolute Gasteiger partial charge is 0.270 e. The van der Waals surface area contributed by atoms with Crippen LogP contribution in [0, 0.1) is 20.8 Å². The van der Waals surface area contributed by atoms with E-state index in [1.807, 2.05) is 137 Å². The van der Waals surface area contributed by atoms with Crippen molar-refractivity contribution in [2.24, 2.45) is 28.2 Å². The van der Waals surface area contributed by atoms with Crippen LogP contribution in [-0.2, 0) is 28.2 Å². The zero-order valence-corrected chi connectivity index (χ0v) is 65.1. The third-order valence-corrected chi connectivity index (χ3v) is 19.2. The zero-order chi connectivity index (χ0) is 78.5. The second kappa shape index (κ2) is 32.2. The number of ether oxygens (including phenoxy) is 12. The van der Waals surface area contributed by atoms with E-state index < -0.39 is 0 Å². The number of rotatable bonds is 20. The number of imidazole rings is 1. The van der Waals surface area contributed by atoms with Crippen molar-refractivity contribution in [2.45, 2.75) is 20.8 Å². The predicted octanol–water partition coefficient (Wildman–Crippen LogP) is 12.9. The molecule has 30 heteroatoms. The van der Waals surface area contributed by atoms with Crippen LogP contribution in [0.1, 0.15) is 17.1 Å². The Labute approximate surface area is 638 Å². The second-order valence-corrected chi connectivity index (χ2v) is 25.4. The van der Waals surface area contributed by atoms with Gasteiger partial charge in [0.15, 0.2) is 63.5 Å². The van der Waals surface area contributed by atoms with Crippen molar-refractivity contribution in [3.05, 3.63) is 182 Å². The molecule has 0 fully saturated rings. The molecule has 16 aromatic rings. The molecular weight excluding hydrogens is 1420 g/mol. The molecule has 8 aromatic heterocycles. The monoisotopic (exact) mass is 1500 g/mol. The molecule has 16 rings (SSSR count). The van der Waals surface area contributed by atoms with Gasteiger partial charge in [0.25, 0.3) is 12.2 Å². The highest BCUT2D eigenvalue weighted by Gasteiger charge is 2.25. The van der Waals surface area contributed by atoms with Crippen molar-refractivity contribution in [3.8, 4) is 137 Å². The summed E-state index contributed by atoms with van der Waals surface area (Å²) in [5.74, 6) is 10.5. The number of nitrogens with zero attached hydrogens (tertiary/aromatic N) is 17. The largest absolute Gasteiger partial charge is 0.493 e. The third kappa shape index (κ3) is 14.3. The number of methoxy groups -OCH3 is 12. The normalized spacial score (nSPS) is 11.0. The average molecular weight is 1500 g/mol. The first kappa shape index (κ1) is 75.2. The Morgan fingerprint density at radius 3 is 1.25 bits per heavy atom. The summed E-state index contributed by atoms with van der Waals surface area (Å²) in [6, 6.07) is 41.9. The fourth-order valence-electron chi connectivity index (χ4n) is 13.6. The summed E-state index contributed by atoms with van der Waals surface area (Å²) in [5.41, 5.74) is 14.8. The van der Waals surface area contributed by atoms with Crippen LogP contribution in [0.25, 0.3) is 112 Å². The summed E-state index contributed by atoms with van der Waals surface area (Å²) in [7, 11) is 27.1. The molecule has 1 N–H and O–H groups in total. The number of aryl methyl sites for hydroxylation is 7. The molecule has 0 unspecified atom stereocenters. The third-order valence-electron chi connectivity index (χ3n) is 19.2. The molecule has 0 radical (unpaired) electrons. The van der Waals surface area contributed by atoms with Gasteiger partial charge in [-0.3, -0.25) is 18.4 Å². The molecular formula is C81H85N18O12+. The van der Waals surface area contributed by atoms with E-state index in [1.165, 1.54) is 27.4 Å². The highest BCUT2D eigenvalue weighted by atomic mass is 16.6. The zero-order valence-electron chi connectivity index (χ0n) is 65.1. The van der Waals surface area contributed by atoms with Gasteiger partial charge in [-0.1, -0.05) is 0 Å². The Hall–Kier alpha value is -14.1. The molecule has 0 bridgehead atoms. The molecule has 0 saturated heterocycles. The van der Waals surface area contributed by atoms with Crippen LogP contribution < -0.4 is 61.4 Å². The van der Waals surface area contributed by atoms with Crippen molar-refractivity contribution < 1.29 is 61.4 Å². The number of nitrogens with one attached hydrogen (secondary N) is 1. The maximum absolute atomic E-state index is 5.47. The van der Waals surface area contributed by atoms with Gasteiger partial charge < -0.3 is 70.5 Å². The Morgan fingerprint density at radius 2 is 0.802 bits per heavy atom. The van der Waals surface area contributed by atoms with Gasteiger partial charge in [0.2, 0.25) is 23.0 Å². The fourth-order valence-corrected chi connectivity index (χ4v) is 13.6. The minimum absolute atomic E-state index is 0.533. The SMILES string of the molecule is COc1cc(-[n+]2cn[nH]c2-c2ccc3c(ccn3C)c2)cc(OC)c1OC.COc1cc(-c2nncn2-c2ccc3c(c2)c(C)cn3C)cc(OC)c1OC.COc1cc(-c2nncn2-c2ccc3c(c2)c(C)nn3C)cc(OC)c1OC.COc1cc(-c2nncn2-c2ccc3c(c2)nc(C)n3C)cc(OC)c1OC. The average Bonchev–Trinajstić information content (AvgIpc) is 1.69. The number of fused-ring (bicyclic) bond motifs is 4. The summed E-state index contributed by atoms with van der Waals surface area (Å²) in [6.07, 6.45) is 11.0. The molecule has 30 nitrogen and oxygen atoms in total. The summed E-state index contributed by atoms with van der Waals surface area (Å²) in [4.78, 5) is 4.62. The van der Waals surface area contributed by atoms with Crippen LogP contribution in [0.3, 0.4) is 0 Å². The Kier molecular flexibility index (Phi) is 21.8. The minimum Gasteiger partial charge on any atom is -0.493 e. The van der Waals surface area contributed by atoms with Crippen LogP contribution in [0.15, 0.2) is 165 Å². The van der Waals surface area contributed by atoms with Gasteiger partial charge in [-0.05, 0) is 142 Å². The molecule has 0 saturated carbocycles. The number of H-pyrrole nitrogens is 1. The lowest BCUT2D eigenvalue weighted by Crippen LogP contribution is -2.31. The number of aromatic amines is 1. The molecule has 0 aliphatic heterocycles. The van der Waals surface area contributed by atoms with E-state index in [0.717, 1.165) is 84.3 Å². The van der Waals surface area contributed by atoms with E-state index in [2.05, 4.69) is 139 Å². The van der Waals surface area contributed by atoms with Crippen LogP contribution in [0.4, 0.5) is 0 Å². The molecule has 0 atom stereocenters. The Morgan fingerprint density at radius 1 is 0.387 bits per heavy atom. The molecule has 111 heavy (non-hydrogen) atoms. The quantitative estimate of drug-likeness (QED) is 0.0694. The van der Waals surface area contributed by atoms with Crippen molar-refractivity contribution in [3.63, 3.8) is 0 Å². The topological polar surface area (TPSA) is 281 Å². The van der Waals surface area contributed by atoms with Crippen LogP contribution in [0.2, 0.25) is 0 Å². The summed E-state index contributed by atoms with van der Waals surface area (Å²) < 4.78 is 81.3. The lowest BCUT2D eigenvalue weighted by molar-refractivity contribution is -0.584. The first-order valence-corrected chi connectivity index (χ1v) is 34.7. The molecule has 8 heterocycles. The summed E-state index contributed by atoms with van der Waals surface area (Å²) in [5, 5.41) is 40.6. The Balaban J connectivity index is 0.000000130. The van der Waals surface area contributed by atoms with Crippen LogP contribution in [-0.4, -0.2) is 168 Å². The number of hydrogen-bond acceptors (Lipinski definition) is 21. The van der Waals surface area contributed by atoms with E-state index >= 15 is 0 Å². The van der Waals surface area contributed by atoms with Gasteiger partial charge in [-0.2, -0.15) is 9.67 Å². The molecule has 570 valence electrons. The lowest BCUT2D eigenvalue weighted by atomic mass is 10.1. The van der Waals surface area contributed by atoms with E-state index in [9.17, 15) is 0 Å². The Bertz CT molecular complexity index is 5760. The molecule has 8 aromatic carbocycles. The first-order valence-electron chi connectivity index (χ1n) is 34.7. The van der Waals surface area contributed by atoms with Gasteiger partial charge >= 0.3 is 0 Å². The van der Waals surface area contributed by atoms with Crippen molar-refractivity contribution in [1.82, 2.24) is 83.0 Å². The molecule has 0 aliphatic rings. The number of benzene rings is 8. The lowest BCUT2D eigenvalue weighted by Gasteiger charge is -2.14. The standard InChI is InChI=1S/C21H22N4O3.2C20H21N5O3.C20H20N4O3/c1-13-11-24(2)17-7-6-15(10-16(13)17)25-12-22-23-21(25)14-8-18(26-3)20(28-5)19(9-14)27-4;1-12-22-15-10-14(6-7-16(15)24(12)2)25-11-21-23-20(25)13-8-17(26-3)19(28-5)18(9-13)27-4;1-12-15-10-14(6-7-16(15)24(2)23-12)25-11-21-22-20(25)13-8-17(26-3)19(28-5)18(9-13)27-4;1-23-8-7-13-9-14(5-6-16(13)23)20-22-21-12-24(20)15-10-17(25-2)19(27-4)18(11-15)26-3/h6-12H,1-5H3;2*6-11H,1-5H3;5-12H,1-4H3/p+1. The predicted molar refractivity (Wildman–Crippen MR) is 420 cm³/mol. The number of aromatic nitrogens is 18. The van der Waals surface area contributed by atoms with Gasteiger partial charge in [0, 0.05) is 113 Å². The first-order chi connectivity index (χ1) is 53.9. The number of hydrogen-bond donors (Lipinski definition) is 1. The van der Waals surface area contributed by atoms with E-state index in [0.29, 0.717) is 86.5 Å². The minimum atomic E-state index is 0.533. The van der Waals surface area contributed by atoms with Crippen LogP contribution >= 0.6 is 0 Å². The summed E-state index contributed by atoms with van der Waals surface area (Å²) >= 11 is 0. The van der Waals surface area contributed by atoms with E-state index in [-0.39, 0.29) is 0 Å². The highest BCUT2D eigenvalue weighted by molar-refractivity contribution is 5.88. The molecule has 0 amide bonds. The van der Waals surface area contributed by atoms with E-state index in [1.54, 1.807) is 111 Å². The summed E-state index contributed by atoms with van der Waals surface area (Å²) in [6.45, 7) is 6.09. The maximum atomic E-state index is 5.47. The second-order valence-electron chi connectivity index (χ2n) is 25.4. The van der Waals surface area contributed by atoms with Gasteiger partial charge in [0.05, 0.1) is 119 Å². The van der Waals surface area contributed by atoms with Gasteiger partial charge in [-0.15, -0.1) is 35.7 Å². The fraction of sp³-hybridized carbons (Fsp3) is 0.235. The van der Waals surface area contributed by atoms with Gasteiger partial charge in [-0.25, -0.2) is 4.98 Å². The maximum Gasteiger partial charge on any atom is 0.270 e. The van der Waals surface area contributed by atoms with Crippen molar-refractivity contribution >= 4 is 43.7 Å². The van der Waals surface area contributed by atoms with Crippen LogP contribution in [0.5, 0.6) is 69.0 Å². The van der Waals surface area contributed by atoms with Crippen molar-refractivity contribution in [1.29, 1.82) is 0 Å². The molecule has 0 aliphatic carbocycles.